The number of aliphatic carboxylic acids is 1. The molecule has 0 saturated carbocycles. The molecule has 1 heterocycles. The van der Waals surface area contributed by atoms with E-state index in [0.29, 0.717) is 26.2 Å². The van der Waals surface area contributed by atoms with E-state index in [-0.39, 0.29) is 5.57 Å². The third kappa shape index (κ3) is 4.97. The Labute approximate surface area is 99.8 Å². The largest absolute Gasteiger partial charge is 0.478 e. The molecule has 96 valence electrons. The van der Waals surface area contributed by atoms with Gasteiger partial charge in [0.1, 0.15) is 0 Å². The molecule has 0 aliphatic carbocycles. The maximum absolute atomic E-state index is 11.3. The van der Waals surface area contributed by atoms with Crippen LogP contribution in [0.25, 0.3) is 0 Å². The number of morpholine rings is 1. The second-order valence-corrected chi connectivity index (χ2v) is 3.70. The second kappa shape index (κ2) is 7.03. The Hall–Kier alpha value is -1.40. The van der Waals surface area contributed by atoms with Crippen molar-refractivity contribution < 1.29 is 24.2 Å². The summed E-state index contributed by atoms with van der Waals surface area (Å²) in [6.45, 7) is 3.60. The number of carbonyl (C=O) groups is 2. The van der Waals surface area contributed by atoms with E-state index in [1.807, 2.05) is 0 Å². The van der Waals surface area contributed by atoms with E-state index in [4.69, 9.17) is 9.84 Å². The van der Waals surface area contributed by atoms with Crippen LogP contribution in [0.1, 0.15) is 6.42 Å². The second-order valence-electron chi connectivity index (χ2n) is 3.70. The van der Waals surface area contributed by atoms with E-state index in [9.17, 15) is 9.59 Å². The Morgan fingerprint density at radius 2 is 2.06 bits per heavy atom. The Morgan fingerprint density at radius 1 is 1.41 bits per heavy atom. The summed E-state index contributed by atoms with van der Waals surface area (Å²) in [5.74, 6) is -1.71. The Balaban J connectivity index is 2.48. The number of hydrogen-bond acceptors (Lipinski definition) is 5. The number of carbonyl (C=O) groups excluding carboxylic acids is 1. The molecular weight excluding hydrogens is 226 g/mol. The summed E-state index contributed by atoms with van der Waals surface area (Å²) >= 11 is 0. The minimum absolute atomic E-state index is 0.187. The minimum Gasteiger partial charge on any atom is -0.478 e. The van der Waals surface area contributed by atoms with Gasteiger partial charge in [0.15, 0.2) is 0 Å². The zero-order valence-corrected chi connectivity index (χ0v) is 9.85. The van der Waals surface area contributed by atoms with Crippen molar-refractivity contribution in [1.82, 2.24) is 4.90 Å². The van der Waals surface area contributed by atoms with Crippen molar-refractivity contribution in [1.29, 1.82) is 0 Å². The van der Waals surface area contributed by atoms with Gasteiger partial charge in [0, 0.05) is 31.3 Å². The molecule has 1 aliphatic rings. The highest BCUT2D eigenvalue weighted by molar-refractivity contribution is 5.95. The van der Waals surface area contributed by atoms with Crippen LogP contribution < -0.4 is 0 Å². The molecule has 0 radical (unpaired) electrons. The quantitative estimate of drug-likeness (QED) is 0.536. The van der Waals surface area contributed by atoms with Gasteiger partial charge in [-0.05, 0) is 6.42 Å². The fourth-order valence-corrected chi connectivity index (χ4v) is 1.62. The van der Waals surface area contributed by atoms with Gasteiger partial charge in [-0.3, -0.25) is 4.90 Å². The molecule has 0 unspecified atom stereocenters. The first-order valence-corrected chi connectivity index (χ1v) is 5.45. The molecule has 0 spiro atoms. The summed E-state index contributed by atoms with van der Waals surface area (Å²) in [5.41, 5.74) is 0.187. The molecule has 6 heteroatoms. The van der Waals surface area contributed by atoms with Crippen molar-refractivity contribution >= 4 is 11.9 Å². The van der Waals surface area contributed by atoms with Crippen molar-refractivity contribution in [2.24, 2.45) is 0 Å². The molecule has 0 bridgehead atoms. The summed E-state index contributed by atoms with van der Waals surface area (Å²) < 4.78 is 9.74. The van der Waals surface area contributed by atoms with Gasteiger partial charge in [-0.1, -0.05) is 0 Å². The van der Waals surface area contributed by atoms with E-state index >= 15 is 0 Å². The number of carboxylic acids is 1. The molecule has 17 heavy (non-hydrogen) atoms. The standard InChI is InChI=1S/C11H17NO5/c1-16-11(15)9(8-10(13)14)2-3-12-4-6-17-7-5-12/h8H,2-7H2,1H3,(H,13,14). The predicted octanol–water partition coefficient (Wildman–Crippen LogP) is -0.107. The Kier molecular flexibility index (Phi) is 5.65. The van der Waals surface area contributed by atoms with Gasteiger partial charge in [-0.2, -0.15) is 0 Å². The molecule has 0 amide bonds. The molecule has 0 atom stereocenters. The number of esters is 1. The summed E-state index contributed by atoms with van der Waals surface area (Å²) in [4.78, 5) is 24.0. The molecule has 1 N–H and O–H groups in total. The number of methoxy groups -OCH3 is 1. The zero-order valence-electron chi connectivity index (χ0n) is 9.85. The zero-order chi connectivity index (χ0) is 12.7. The van der Waals surface area contributed by atoms with Crippen LogP contribution in [0.5, 0.6) is 0 Å². The van der Waals surface area contributed by atoms with Gasteiger partial charge in [0.05, 0.1) is 20.3 Å². The minimum atomic E-state index is -1.13. The summed E-state index contributed by atoms with van der Waals surface area (Å²) in [7, 11) is 1.24. The first-order valence-electron chi connectivity index (χ1n) is 5.45. The lowest BCUT2D eigenvalue weighted by Gasteiger charge is -2.26. The SMILES string of the molecule is COC(=O)C(=CC(=O)O)CCN1CCOCC1. The fourth-order valence-electron chi connectivity index (χ4n) is 1.62. The number of carboxylic acid groups (broad SMARTS) is 1. The van der Waals surface area contributed by atoms with Crippen LogP contribution in [0.15, 0.2) is 11.6 Å². The van der Waals surface area contributed by atoms with Crippen LogP contribution in [0.2, 0.25) is 0 Å². The topological polar surface area (TPSA) is 76.1 Å². The molecular formula is C11H17NO5. The van der Waals surface area contributed by atoms with Gasteiger partial charge in [-0.15, -0.1) is 0 Å². The third-order valence-electron chi connectivity index (χ3n) is 2.55. The normalized spacial score (nSPS) is 17.8. The summed E-state index contributed by atoms with van der Waals surface area (Å²) in [5, 5.41) is 8.65. The lowest BCUT2D eigenvalue weighted by atomic mass is 10.1. The van der Waals surface area contributed by atoms with Crippen LogP contribution in [-0.4, -0.2) is 61.9 Å². The highest BCUT2D eigenvalue weighted by atomic mass is 16.5. The molecule has 0 aromatic rings. The van der Waals surface area contributed by atoms with Crippen LogP contribution in [0.3, 0.4) is 0 Å². The lowest BCUT2D eigenvalue weighted by molar-refractivity contribution is -0.137. The maximum Gasteiger partial charge on any atom is 0.334 e. The number of hydrogen-bond donors (Lipinski definition) is 1. The van der Waals surface area contributed by atoms with E-state index in [0.717, 1.165) is 19.2 Å². The Bertz CT molecular complexity index is 307. The first kappa shape index (κ1) is 13.7. The van der Waals surface area contributed by atoms with Crippen molar-refractivity contribution in [2.75, 3.05) is 40.0 Å². The molecule has 1 aliphatic heterocycles. The summed E-state index contributed by atoms with van der Waals surface area (Å²) in [6.07, 6.45) is 1.28. The highest BCUT2D eigenvalue weighted by Gasteiger charge is 2.15. The van der Waals surface area contributed by atoms with Crippen molar-refractivity contribution in [2.45, 2.75) is 6.42 Å². The van der Waals surface area contributed by atoms with Crippen LogP contribution in [-0.2, 0) is 19.1 Å². The number of ether oxygens (including phenoxy) is 2. The van der Waals surface area contributed by atoms with Crippen LogP contribution >= 0.6 is 0 Å². The summed E-state index contributed by atoms with van der Waals surface area (Å²) in [6, 6.07) is 0. The predicted molar refractivity (Wildman–Crippen MR) is 59.6 cm³/mol. The third-order valence-corrected chi connectivity index (χ3v) is 2.55. The van der Waals surface area contributed by atoms with E-state index in [2.05, 4.69) is 9.64 Å². The number of nitrogens with zero attached hydrogens (tertiary/aromatic N) is 1. The van der Waals surface area contributed by atoms with Crippen LogP contribution in [0.4, 0.5) is 0 Å². The lowest BCUT2D eigenvalue weighted by Crippen LogP contribution is -2.37. The molecule has 6 nitrogen and oxygen atoms in total. The fraction of sp³-hybridized carbons (Fsp3) is 0.636. The maximum atomic E-state index is 11.3. The van der Waals surface area contributed by atoms with Crippen molar-refractivity contribution in [3.8, 4) is 0 Å². The van der Waals surface area contributed by atoms with E-state index in [1.54, 1.807) is 0 Å². The van der Waals surface area contributed by atoms with Crippen molar-refractivity contribution in [3.63, 3.8) is 0 Å². The van der Waals surface area contributed by atoms with E-state index in [1.165, 1.54) is 7.11 Å². The molecule has 1 rings (SSSR count). The highest BCUT2D eigenvalue weighted by Crippen LogP contribution is 2.07. The van der Waals surface area contributed by atoms with Gasteiger partial charge in [0.2, 0.25) is 0 Å². The monoisotopic (exact) mass is 243 g/mol. The van der Waals surface area contributed by atoms with Gasteiger partial charge in [-0.25, -0.2) is 9.59 Å². The molecule has 1 fully saturated rings. The average molecular weight is 243 g/mol. The first-order chi connectivity index (χ1) is 8.13. The van der Waals surface area contributed by atoms with Gasteiger partial charge in [0.25, 0.3) is 0 Å². The van der Waals surface area contributed by atoms with Crippen LogP contribution in [0, 0.1) is 0 Å². The average Bonchev–Trinajstić information content (AvgIpc) is 2.34. The smallest absolute Gasteiger partial charge is 0.334 e. The van der Waals surface area contributed by atoms with Gasteiger partial charge < -0.3 is 14.6 Å². The number of rotatable bonds is 5. The van der Waals surface area contributed by atoms with Crippen molar-refractivity contribution in [3.05, 3.63) is 11.6 Å². The van der Waals surface area contributed by atoms with E-state index < -0.39 is 11.9 Å². The molecule has 1 saturated heterocycles. The Morgan fingerprint density at radius 3 is 2.59 bits per heavy atom. The molecule has 0 aromatic heterocycles. The van der Waals surface area contributed by atoms with Gasteiger partial charge >= 0.3 is 11.9 Å². The molecule has 0 aromatic carbocycles.